The van der Waals surface area contributed by atoms with E-state index in [1.54, 1.807) is 30.6 Å². The second kappa shape index (κ2) is 12.2. The minimum Gasteiger partial charge on any atom is -0.497 e. The smallest absolute Gasteiger partial charge is 0.233 e. The Bertz CT molecular complexity index is 1060. The number of nitrogens with one attached hydrogen (secondary N) is 2. The molecule has 0 atom stereocenters. The van der Waals surface area contributed by atoms with Crippen molar-refractivity contribution in [2.75, 3.05) is 26.7 Å². The Hall–Kier alpha value is -2.97. The van der Waals surface area contributed by atoms with Crippen LogP contribution in [0.1, 0.15) is 24.6 Å². The molecule has 0 aliphatic heterocycles. The average Bonchev–Trinajstić information content (AvgIpc) is 3.16. The molecule has 1 aromatic heterocycles. The number of hydrogen-bond acceptors (Lipinski definition) is 5. The molecule has 0 aliphatic carbocycles. The van der Waals surface area contributed by atoms with Gasteiger partial charge in [-0.15, -0.1) is 11.3 Å². The van der Waals surface area contributed by atoms with Crippen LogP contribution in [0.5, 0.6) is 5.75 Å². The number of rotatable bonds is 11. The number of carbonyl (C=O) groups excluding carboxylic acids is 1. The Morgan fingerprint density at radius 3 is 2.59 bits per heavy atom. The predicted octanol–water partition coefficient (Wildman–Crippen LogP) is 3.64. The molecule has 0 unspecified atom stereocenters. The molecule has 0 saturated heterocycles. The van der Waals surface area contributed by atoms with E-state index in [4.69, 9.17) is 9.73 Å². The van der Waals surface area contributed by atoms with Crippen molar-refractivity contribution in [2.45, 2.75) is 26.3 Å². The van der Waals surface area contributed by atoms with E-state index in [0.29, 0.717) is 18.8 Å². The van der Waals surface area contributed by atoms with Crippen LogP contribution in [0.3, 0.4) is 0 Å². The Kier molecular flexibility index (Phi) is 9.01. The maximum absolute atomic E-state index is 13.3. The van der Waals surface area contributed by atoms with Crippen molar-refractivity contribution in [3.8, 4) is 5.75 Å². The molecule has 0 bridgehead atoms. The number of likely N-dealkylation sites (N-methyl/N-ethyl adjacent to an activating group) is 1. The molecule has 0 fully saturated rings. The first-order chi connectivity index (χ1) is 15.6. The van der Waals surface area contributed by atoms with Gasteiger partial charge in [0.05, 0.1) is 19.3 Å². The molecule has 6 nitrogen and oxygen atoms in total. The summed E-state index contributed by atoms with van der Waals surface area (Å²) in [6.45, 7) is 4.33. The van der Waals surface area contributed by atoms with Crippen LogP contribution in [0.25, 0.3) is 0 Å². The average molecular weight is 457 g/mol. The van der Waals surface area contributed by atoms with Crippen molar-refractivity contribution in [3.05, 3.63) is 75.8 Å². The van der Waals surface area contributed by atoms with Gasteiger partial charge in [0.15, 0.2) is 4.80 Å². The van der Waals surface area contributed by atoms with Crippen molar-refractivity contribution < 1.29 is 13.9 Å². The van der Waals surface area contributed by atoms with Crippen LogP contribution in [-0.4, -0.2) is 37.2 Å². The molecule has 0 aliphatic rings. The third kappa shape index (κ3) is 7.03. The summed E-state index contributed by atoms with van der Waals surface area (Å²) in [6, 6.07) is 14.2. The van der Waals surface area contributed by atoms with Gasteiger partial charge in [0.1, 0.15) is 11.6 Å². The summed E-state index contributed by atoms with van der Waals surface area (Å²) in [5.74, 6) is 0.557. The van der Waals surface area contributed by atoms with Gasteiger partial charge in [-0.25, -0.2) is 9.38 Å². The fraction of sp³-hybridized carbons (Fsp3) is 0.333. The van der Waals surface area contributed by atoms with E-state index < -0.39 is 0 Å². The standard InChI is InChI=1S/C24H29FN4O2S/c1-3-27-23(30)16-26-13-4-14-29-21(15-18-5-11-22(31-2)12-6-18)17-32-24(29)28-20-9-7-19(25)8-10-20/h5-12,17,26H,3-4,13-16H2,1-2H3,(H,27,30). The molecular weight excluding hydrogens is 427 g/mol. The number of benzene rings is 2. The molecule has 8 heteroatoms. The highest BCUT2D eigenvalue weighted by Crippen LogP contribution is 2.17. The normalized spacial score (nSPS) is 11.5. The highest BCUT2D eigenvalue weighted by molar-refractivity contribution is 7.07. The zero-order valence-corrected chi connectivity index (χ0v) is 19.3. The maximum atomic E-state index is 13.3. The summed E-state index contributed by atoms with van der Waals surface area (Å²) in [4.78, 5) is 17.2. The molecule has 32 heavy (non-hydrogen) atoms. The topological polar surface area (TPSA) is 67.7 Å². The lowest BCUT2D eigenvalue weighted by Crippen LogP contribution is -2.34. The zero-order chi connectivity index (χ0) is 22.8. The molecule has 0 radical (unpaired) electrons. The van der Waals surface area contributed by atoms with Crippen LogP contribution in [-0.2, 0) is 17.8 Å². The lowest BCUT2D eigenvalue weighted by Gasteiger charge is -2.10. The number of halogens is 1. The first kappa shape index (κ1) is 23.7. The summed E-state index contributed by atoms with van der Waals surface area (Å²) in [5.41, 5.74) is 3.05. The van der Waals surface area contributed by atoms with Gasteiger partial charge in [0, 0.05) is 30.6 Å². The van der Waals surface area contributed by atoms with Crippen molar-refractivity contribution in [1.29, 1.82) is 0 Å². The first-order valence-electron chi connectivity index (χ1n) is 10.7. The summed E-state index contributed by atoms with van der Waals surface area (Å²) < 4.78 is 20.7. The third-order valence-electron chi connectivity index (χ3n) is 4.87. The first-order valence-corrected chi connectivity index (χ1v) is 11.5. The minimum atomic E-state index is -0.276. The molecule has 2 aromatic carbocycles. The second-order valence-corrected chi connectivity index (χ2v) is 8.09. The molecule has 3 rings (SSSR count). The number of aromatic nitrogens is 1. The van der Waals surface area contributed by atoms with Gasteiger partial charge >= 0.3 is 0 Å². The van der Waals surface area contributed by atoms with Crippen molar-refractivity contribution in [3.63, 3.8) is 0 Å². The summed E-state index contributed by atoms with van der Waals surface area (Å²) in [6.07, 6.45) is 1.62. The van der Waals surface area contributed by atoms with E-state index in [-0.39, 0.29) is 11.7 Å². The van der Waals surface area contributed by atoms with Gasteiger partial charge in [-0.1, -0.05) is 12.1 Å². The number of methoxy groups -OCH3 is 1. The van der Waals surface area contributed by atoms with Crippen molar-refractivity contribution >= 4 is 22.9 Å². The number of ether oxygens (including phenoxy) is 1. The van der Waals surface area contributed by atoms with Gasteiger partial charge < -0.3 is 19.9 Å². The molecular formula is C24H29FN4O2S. The van der Waals surface area contributed by atoms with Gasteiger partial charge in [-0.05, 0) is 61.9 Å². The molecule has 1 amide bonds. The number of nitrogens with zero attached hydrogens (tertiary/aromatic N) is 2. The van der Waals surface area contributed by atoms with Crippen molar-refractivity contribution in [1.82, 2.24) is 15.2 Å². The second-order valence-electron chi connectivity index (χ2n) is 7.26. The molecule has 170 valence electrons. The maximum Gasteiger partial charge on any atom is 0.233 e. The fourth-order valence-electron chi connectivity index (χ4n) is 3.24. The van der Waals surface area contributed by atoms with Crippen LogP contribution < -0.4 is 20.2 Å². The Labute approximate surface area is 191 Å². The van der Waals surface area contributed by atoms with E-state index in [1.807, 2.05) is 19.1 Å². The minimum absolute atomic E-state index is 0.00267. The summed E-state index contributed by atoms with van der Waals surface area (Å²) in [7, 11) is 1.66. The Balaban J connectivity index is 1.75. The third-order valence-corrected chi connectivity index (χ3v) is 5.78. The quantitative estimate of drug-likeness (QED) is 0.433. The number of amides is 1. The van der Waals surface area contributed by atoms with E-state index >= 15 is 0 Å². The predicted molar refractivity (Wildman–Crippen MR) is 126 cm³/mol. The summed E-state index contributed by atoms with van der Waals surface area (Å²) in [5, 5.41) is 8.08. The molecule has 2 N–H and O–H groups in total. The number of thiazole rings is 1. The van der Waals surface area contributed by atoms with Gasteiger partial charge in [-0.2, -0.15) is 0 Å². The molecule has 0 saturated carbocycles. The van der Waals surface area contributed by atoms with Gasteiger partial charge in [0.25, 0.3) is 0 Å². The van der Waals surface area contributed by atoms with Crippen LogP contribution in [0.15, 0.2) is 58.9 Å². The van der Waals surface area contributed by atoms with E-state index in [9.17, 15) is 9.18 Å². The lowest BCUT2D eigenvalue weighted by atomic mass is 10.1. The van der Waals surface area contributed by atoms with E-state index in [1.165, 1.54) is 17.7 Å². The fourth-order valence-corrected chi connectivity index (χ4v) is 4.18. The SMILES string of the molecule is CCNC(=O)CNCCCn1c(Cc2ccc(OC)cc2)csc1=Nc1ccc(F)cc1. The Morgan fingerprint density at radius 2 is 1.91 bits per heavy atom. The van der Waals surface area contributed by atoms with Gasteiger partial charge in [0.2, 0.25) is 5.91 Å². The number of hydrogen-bond donors (Lipinski definition) is 2. The Morgan fingerprint density at radius 1 is 1.16 bits per heavy atom. The van der Waals surface area contributed by atoms with E-state index in [2.05, 4.69) is 32.7 Å². The largest absolute Gasteiger partial charge is 0.497 e. The highest BCUT2D eigenvalue weighted by Gasteiger charge is 2.08. The number of carbonyl (C=O) groups is 1. The van der Waals surface area contributed by atoms with E-state index in [0.717, 1.165) is 42.2 Å². The van der Waals surface area contributed by atoms with Crippen LogP contribution in [0.2, 0.25) is 0 Å². The van der Waals surface area contributed by atoms with Gasteiger partial charge in [-0.3, -0.25) is 4.79 Å². The molecule has 1 heterocycles. The zero-order valence-electron chi connectivity index (χ0n) is 18.4. The highest BCUT2D eigenvalue weighted by atomic mass is 32.1. The summed E-state index contributed by atoms with van der Waals surface area (Å²) >= 11 is 1.57. The molecule has 0 spiro atoms. The van der Waals surface area contributed by atoms with Crippen LogP contribution in [0, 0.1) is 5.82 Å². The monoisotopic (exact) mass is 456 g/mol. The molecule has 3 aromatic rings. The lowest BCUT2D eigenvalue weighted by molar-refractivity contribution is -0.120. The van der Waals surface area contributed by atoms with Crippen molar-refractivity contribution in [2.24, 2.45) is 4.99 Å². The van der Waals surface area contributed by atoms with Crippen LogP contribution >= 0.6 is 11.3 Å². The van der Waals surface area contributed by atoms with Crippen LogP contribution in [0.4, 0.5) is 10.1 Å².